The summed E-state index contributed by atoms with van der Waals surface area (Å²) in [4.78, 5) is 77.5. The van der Waals surface area contributed by atoms with Crippen molar-refractivity contribution >= 4 is 103 Å². The minimum Gasteiger partial charge on any atom is -0.392 e. The van der Waals surface area contributed by atoms with E-state index in [0.29, 0.717) is 32.7 Å². The summed E-state index contributed by atoms with van der Waals surface area (Å²) in [6, 6.07) is 65.2. The van der Waals surface area contributed by atoms with Crippen molar-refractivity contribution in [2.45, 2.75) is 216 Å². The highest BCUT2D eigenvalue weighted by atomic mass is 79.9. The average molecular weight is 2010 g/mol. The number of carbonyl (C=O) groups excluding carboxylic acids is 5. The van der Waals surface area contributed by atoms with Crippen LogP contribution in [0.4, 0.5) is 57.5 Å². The van der Waals surface area contributed by atoms with Crippen LogP contribution in [-0.2, 0) is 128 Å². The van der Waals surface area contributed by atoms with Gasteiger partial charge in [-0.1, -0.05) is 119 Å². The second kappa shape index (κ2) is 44.1. The van der Waals surface area contributed by atoms with Gasteiger partial charge in [-0.25, -0.2) is 0 Å². The van der Waals surface area contributed by atoms with Crippen molar-refractivity contribution in [3.05, 3.63) is 291 Å². The van der Waals surface area contributed by atoms with Gasteiger partial charge < -0.3 is 61.3 Å². The number of fused-ring (bicyclic) bond motifs is 5. The molecule has 145 heavy (non-hydrogen) atoms. The van der Waals surface area contributed by atoms with E-state index in [1.54, 1.807) is 47.7 Å². The van der Waals surface area contributed by atoms with Crippen molar-refractivity contribution in [2.24, 2.45) is 29.6 Å². The van der Waals surface area contributed by atoms with Gasteiger partial charge in [0.25, 0.3) is 0 Å². The van der Waals surface area contributed by atoms with Gasteiger partial charge >= 0.3 is 0 Å². The maximum Gasteiger partial charge on any atom is 0.219 e. The van der Waals surface area contributed by atoms with Crippen LogP contribution >= 0.6 is 15.9 Å². The number of rotatable bonds is 26. The number of aliphatic hydroxyl groups is 2. The molecule has 12 heterocycles. The average Bonchev–Trinajstić information content (AvgIpc) is 1.65. The van der Waals surface area contributed by atoms with Gasteiger partial charge in [-0.3, -0.25) is 57.3 Å². The fourth-order valence-corrected chi connectivity index (χ4v) is 20.4. The van der Waals surface area contributed by atoms with Crippen molar-refractivity contribution in [1.29, 1.82) is 0 Å². The van der Waals surface area contributed by atoms with Crippen LogP contribution in [0.1, 0.15) is 179 Å². The first kappa shape index (κ1) is 98.1. The van der Waals surface area contributed by atoms with Crippen molar-refractivity contribution in [3.8, 4) is 44.5 Å². The molecule has 5 saturated carbocycles. The van der Waals surface area contributed by atoms with Crippen LogP contribution in [0.5, 0.6) is 0 Å². The zero-order valence-corrected chi connectivity index (χ0v) is 85.2. The number of hydrogen-bond donors (Lipinski definition) is 7. The van der Waals surface area contributed by atoms with Gasteiger partial charge in [-0.2, -0.15) is 25.5 Å². The molecule has 5 amide bonds. The fraction of sp³-hybridized carbons (Fsp3) is 0.374. The van der Waals surface area contributed by atoms with Crippen LogP contribution in [-0.4, -0.2) is 156 Å². The second-order valence-corrected chi connectivity index (χ2v) is 41.5. The molecule has 0 saturated heterocycles. The number of nitrogens with zero attached hydrogens (tertiary/aromatic N) is 17. The SMILES string of the molecule is CC(=O)N1CCc2c(c(Nc3cccc(-c4ccc(CO)cc4)c3)nn2CC2CC2)C1.CC(=O)N1CCc2c(c(Nc3cccc(-c4cccc(C(C)O)c4)c3)nn2CC2CC2)C1.CC(=O)N1CCc2c(c(Nc3cccc(-c4cccnc4)c3)nn2CC2CC2)C1.CC(=O)N1CCc2c(c(Nc3cccc(-c4ccncc4)c3)nn2CC2CC2)C1.CC(=O)N1CCc2c(c(Nc3cccc(Br)c3)nn2CC2CC2)C1. The molecule has 0 bridgehead atoms. The third-order valence-corrected chi connectivity index (χ3v) is 29.8. The highest BCUT2D eigenvalue weighted by Gasteiger charge is 2.37. The number of anilines is 10. The molecule has 748 valence electrons. The maximum absolute atomic E-state index is 12.0. The fourth-order valence-electron chi connectivity index (χ4n) is 20.0. The lowest BCUT2D eigenvalue weighted by molar-refractivity contribution is -0.130. The number of aliphatic hydroxyl groups excluding tert-OH is 2. The number of aromatic nitrogens is 12. The van der Waals surface area contributed by atoms with E-state index in [9.17, 15) is 34.2 Å². The van der Waals surface area contributed by atoms with E-state index in [0.717, 1.165) is 273 Å². The van der Waals surface area contributed by atoms with Crippen LogP contribution in [0.25, 0.3) is 44.5 Å². The molecule has 7 N–H and O–H groups in total. The number of hydrogen-bond acceptors (Lipinski definition) is 19. The molecule has 5 aliphatic heterocycles. The molecule has 1 atom stereocenters. The predicted molar refractivity (Wildman–Crippen MR) is 569 cm³/mol. The summed E-state index contributed by atoms with van der Waals surface area (Å²) < 4.78 is 11.9. The van der Waals surface area contributed by atoms with Crippen LogP contribution in [0.15, 0.2) is 223 Å². The van der Waals surface area contributed by atoms with E-state index < -0.39 is 6.10 Å². The van der Waals surface area contributed by atoms with Crippen LogP contribution < -0.4 is 26.6 Å². The molecule has 0 radical (unpaired) electrons. The molecular weight excluding hydrogens is 1880 g/mol. The molecule has 7 aromatic carbocycles. The van der Waals surface area contributed by atoms with E-state index in [-0.39, 0.29) is 36.1 Å². The van der Waals surface area contributed by atoms with Gasteiger partial charge in [0.1, 0.15) is 0 Å². The first-order valence-corrected chi connectivity index (χ1v) is 52.3. The molecule has 24 rings (SSSR count). The first-order chi connectivity index (χ1) is 70.5. The molecule has 1 unspecified atom stereocenters. The van der Waals surface area contributed by atoms with Gasteiger partial charge in [-0.05, 0) is 242 Å². The molecule has 5 fully saturated rings. The Kier molecular flexibility index (Phi) is 29.8. The lowest BCUT2D eigenvalue weighted by Crippen LogP contribution is -2.34. The largest absolute Gasteiger partial charge is 0.392 e. The molecule has 5 aliphatic carbocycles. The van der Waals surface area contributed by atoms with Gasteiger partial charge in [0, 0.05) is 252 Å². The molecule has 0 spiro atoms. The number of amides is 5. The molecule has 14 aromatic rings. The smallest absolute Gasteiger partial charge is 0.219 e. The zero-order valence-electron chi connectivity index (χ0n) is 83.6. The van der Waals surface area contributed by atoms with Crippen molar-refractivity contribution in [2.75, 3.05) is 59.3 Å². The summed E-state index contributed by atoms with van der Waals surface area (Å²) in [5.74, 6) is 8.69. The highest BCUT2D eigenvalue weighted by Crippen LogP contribution is 2.43. The minimum atomic E-state index is -0.498. The van der Waals surface area contributed by atoms with Gasteiger partial charge in [0.15, 0.2) is 29.1 Å². The lowest BCUT2D eigenvalue weighted by Gasteiger charge is -2.26. The molecule has 30 heteroatoms. The summed E-state index contributed by atoms with van der Waals surface area (Å²) in [5.41, 5.74) is 27.7. The van der Waals surface area contributed by atoms with E-state index in [1.807, 2.05) is 164 Å². The predicted octanol–water partition coefficient (Wildman–Crippen LogP) is 20.5. The maximum atomic E-state index is 12.0. The van der Waals surface area contributed by atoms with Gasteiger partial charge in [0.05, 0.1) is 45.4 Å². The summed E-state index contributed by atoms with van der Waals surface area (Å²) in [7, 11) is 0. The lowest BCUT2D eigenvalue weighted by atomic mass is 10.0. The Labute approximate surface area is 855 Å². The minimum absolute atomic E-state index is 0.0494. The van der Waals surface area contributed by atoms with Crippen LogP contribution in [0.2, 0.25) is 0 Å². The summed E-state index contributed by atoms with van der Waals surface area (Å²) in [6.07, 6.45) is 24.0. The highest BCUT2D eigenvalue weighted by molar-refractivity contribution is 9.10. The Balaban J connectivity index is 0.000000111. The molecule has 10 aliphatic rings. The number of carbonyl (C=O) groups is 5. The Hall–Kier alpha value is -14.4. The number of pyridine rings is 2. The monoisotopic (exact) mass is 2010 g/mol. The van der Waals surface area contributed by atoms with Crippen LogP contribution in [0, 0.1) is 29.6 Å². The summed E-state index contributed by atoms with van der Waals surface area (Å²) >= 11 is 3.51. The van der Waals surface area contributed by atoms with Crippen LogP contribution in [0.3, 0.4) is 0 Å². The zero-order chi connectivity index (χ0) is 99.9. The van der Waals surface area contributed by atoms with E-state index in [1.165, 1.54) is 92.7 Å². The molecular formula is C115H129BrN22O7. The van der Waals surface area contributed by atoms with E-state index in [2.05, 4.69) is 149 Å². The Bertz CT molecular complexity index is 6860. The quantitative estimate of drug-likeness (QED) is 0.0265. The van der Waals surface area contributed by atoms with E-state index in [4.69, 9.17) is 25.5 Å². The van der Waals surface area contributed by atoms with Gasteiger partial charge in [-0.15, -0.1) is 0 Å². The summed E-state index contributed by atoms with van der Waals surface area (Å²) in [6.45, 7) is 21.9. The normalized spacial score (nSPS) is 16.1. The molecule has 7 aromatic heterocycles. The number of benzene rings is 7. The second-order valence-electron chi connectivity index (χ2n) is 40.5. The Morgan fingerprint density at radius 1 is 0.324 bits per heavy atom. The van der Waals surface area contributed by atoms with E-state index >= 15 is 0 Å². The Morgan fingerprint density at radius 3 is 0.883 bits per heavy atom. The van der Waals surface area contributed by atoms with Crippen molar-refractivity contribution in [3.63, 3.8) is 0 Å². The third kappa shape index (κ3) is 24.5. The number of nitrogens with one attached hydrogen (secondary N) is 5. The Morgan fingerprint density at radius 2 is 0.600 bits per heavy atom. The van der Waals surface area contributed by atoms with Gasteiger partial charge in [0.2, 0.25) is 29.5 Å². The van der Waals surface area contributed by atoms with Crippen molar-refractivity contribution in [1.82, 2.24) is 83.4 Å². The summed E-state index contributed by atoms with van der Waals surface area (Å²) in [5, 5.41) is 61.3. The van der Waals surface area contributed by atoms with Crippen molar-refractivity contribution < 1.29 is 34.2 Å². The first-order valence-electron chi connectivity index (χ1n) is 51.5. The number of halogens is 1. The standard InChI is InChI=1S/C26H30N4O2.C25H28N4O2.2C23H25N5O.C18H21BrN4O/c1-17(31)20-5-3-6-21(13-20)22-7-4-8-23(14-22)27-26-24-16-29(18(2)32)12-11-25(24)30(28-26)15-19-9-10-19;1-17(31)28-12-11-24-23(15-28)25(27-29(24)14-18-5-6-18)26-22-4-2-3-21(13-22)20-9-7-19(16-30)8-10-20;1-16(29)27-11-9-22-21(15-27)23(26-28(22)14-17-7-8-17)25-20-6-2-4-18(12-20)19-5-3-10-24-13-19;1-16(29)27-12-9-22-21(15-27)23(26-28(22)14-17-5-6-17)25-20-4-2-3-19(13-20)18-7-10-24-11-8-18;1-12(24)22-8-7-17-16(11-22)18(21-23(17)10-13-5-6-13)20-15-4-2-3-14(19)9-15/h3-8,13-14,17,19,31H,9-12,15-16H2,1-2H3,(H,27,28);2-4,7-10,13,18,30H,5-6,11-12,14-16H2,1H3,(H,26,27);2-6,10,12-13,17H,7-9,11,14-15H2,1H3,(H,25,26);2-4,7-8,10-11,13,17H,5-6,9,12,14-15H2,1H3,(H,25,26);2-4,9,13H,5-8,10-11H2,1H3,(H,20,21). The topological polar surface area (TPSA) is 317 Å². The molecule has 29 nitrogen and oxygen atoms in total. The third-order valence-electron chi connectivity index (χ3n) is 29.3.